The number of nitrogens with one attached hydrogen (secondary N) is 2. The predicted octanol–water partition coefficient (Wildman–Crippen LogP) is 5.74. The van der Waals surface area contributed by atoms with Crippen LogP contribution in [0, 0.1) is 0 Å². The summed E-state index contributed by atoms with van der Waals surface area (Å²) in [4.78, 5) is 32.8. The van der Waals surface area contributed by atoms with Gasteiger partial charge in [0, 0.05) is 23.6 Å². The molecule has 2 heterocycles. The van der Waals surface area contributed by atoms with Crippen molar-refractivity contribution in [3.63, 3.8) is 0 Å². The second kappa shape index (κ2) is 16.0. The van der Waals surface area contributed by atoms with Crippen molar-refractivity contribution in [2.45, 2.75) is 70.1 Å². The standard InChI is InChI=1S/C22H20F6N4O3S2.C4H10O/c23-21(24,25)7-1-2-14(17(34)20-29-8-9-36-20)32-16(33)11-30-18(35)15-10-31-19(37-15)12-3-5-13(6-4-12)22(26,27)28;1-3-4(2)5/h3-6,8-10,14,17,34H,1-2,7,11H2,(H,30,35)(H,32,33);4-5H,3H2,1-2H3. The smallest absolute Gasteiger partial charge is 0.393 e. The summed E-state index contributed by atoms with van der Waals surface area (Å²) in [6.07, 6.45) is -8.45. The number of amides is 2. The van der Waals surface area contributed by atoms with Crippen molar-refractivity contribution < 1.29 is 46.1 Å². The maximum absolute atomic E-state index is 12.7. The molecule has 232 valence electrons. The van der Waals surface area contributed by atoms with E-state index in [2.05, 4.69) is 20.6 Å². The monoisotopic (exact) mass is 640 g/mol. The lowest BCUT2D eigenvalue weighted by Crippen LogP contribution is -2.44. The fourth-order valence-corrected chi connectivity index (χ4v) is 4.73. The van der Waals surface area contributed by atoms with Crippen molar-refractivity contribution in [2.24, 2.45) is 0 Å². The van der Waals surface area contributed by atoms with Crippen LogP contribution in [0.2, 0.25) is 0 Å². The first-order valence-corrected chi connectivity index (χ1v) is 14.3. The van der Waals surface area contributed by atoms with Crippen LogP contribution in [-0.4, -0.2) is 56.9 Å². The largest absolute Gasteiger partial charge is 0.416 e. The molecule has 42 heavy (non-hydrogen) atoms. The second-order valence-corrected chi connectivity index (χ2v) is 11.0. The molecule has 3 atom stereocenters. The average molecular weight is 641 g/mol. The van der Waals surface area contributed by atoms with Gasteiger partial charge in [-0.1, -0.05) is 19.1 Å². The Morgan fingerprint density at radius 2 is 1.69 bits per heavy atom. The quantitative estimate of drug-likeness (QED) is 0.198. The Morgan fingerprint density at radius 1 is 1.05 bits per heavy atom. The van der Waals surface area contributed by atoms with E-state index in [0.717, 1.165) is 41.2 Å². The minimum atomic E-state index is -4.49. The second-order valence-electron chi connectivity index (χ2n) is 9.04. The third-order valence-electron chi connectivity index (χ3n) is 5.60. The van der Waals surface area contributed by atoms with Crippen LogP contribution in [0.15, 0.2) is 42.0 Å². The fraction of sp³-hybridized carbons (Fsp3) is 0.462. The van der Waals surface area contributed by atoms with Crippen molar-refractivity contribution in [1.29, 1.82) is 0 Å². The number of aliphatic hydroxyl groups excluding tert-OH is 2. The zero-order valence-electron chi connectivity index (χ0n) is 22.5. The van der Waals surface area contributed by atoms with E-state index in [1.807, 2.05) is 6.92 Å². The van der Waals surface area contributed by atoms with E-state index in [1.54, 1.807) is 12.3 Å². The third-order valence-corrected chi connectivity index (χ3v) is 7.49. The van der Waals surface area contributed by atoms with E-state index in [0.29, 0.717) is 10.6 Å². The van der Waals surface area contributed by atoms with Crippen molar-refractivity contribution in [2.75, 3.05) is 6.54 Å². The third kappa shape index (κ3) is 12.0. The van der Waals surface area contributed by atoms with Crippen molar-refractivity contribution in [3.8, 4) is 10.6 Å². The molecule has 0 aliphatic rings. The van der Waals surface area contributed by atoms with E-state index in [4.69, 9.17) is 5.11 Å². The number of hydrogen-bond donors (Lipinski definition) is 4. The maximum Gasteiger partial charge on any atom is 0.416 e. The van der Waals surface area contributed by atoms with Crippen LogP contribution in [0.1, 0.15) is 65.9 Å². The summed E-state index contributed by atoms with van der Waals surface area (Å²) in [7, 11) is 0. The van der Waals surface area contributed by atoms with E-state index < -0.39 is 54.8 Å². The van der Waals surface area contributed by atoms with E-state index in [-0.39, 0.29) is 28.8 Å². The van der Waals surface area contributed by atoms with Crippen LogP contribution >= 0.6 is 22.7 Å². The first kappa shape index (κ1) is 35.1. The Kier molecular flexibility index (Phi) is 13.3. The van der Waals surface area contributed by atoms with Crippen LogP contribution in [0.4, 0.5) is 26.3 Å². The Morgan fingerprint density at radius 3 is 2.21 bits per heavy atom. The number of aromatic nitrogens is 2. The summed E-state index contributed by atoms with van der Waals surface area (Å²) in [5.41, 5.74) is -0.457. The van der Waals surface area contributed by atoms with Gasteiger partial charge in [-0.2, -0.15) is 26.3 Å². The Labute approximate surface area is 245 Å². The predicted molar refractivity (Wildman–Crippen MR) is 146 cm³/mol. The van der Waals surface area contributed by atoms with Crippen LogP contribution in [0.3, 0.4) is 0 Å². The lowest BCUT2D eigenvalue weighted by molar-refractivity contribution is -0.138. The zero-order valence-corrected chi connectivity index (χ0v) is 24.1. The van der Waals surface area contributed by atoms with Crippen molar-refractivity contribution in [3.05, 3.63) is 57.5 Å². The number of nitrogens with zero attached hydrogens (tertiary/aromatic N) is 2. The van der Waals surface area contributed by atoms with Gasteiger partial charge >= 0.3 is 12.4 Å². The molecule has 0 bridgehead atoms. The van der Waals surface area contributed by atoms with Gasteiger partial charge in [0.2, 0.25) is 5.91 Å². The highest BCUT2D eigenvalue weighted by Crippen LogP contribution is 2.32. The molecule has 0 aliphatic heterocycles. The van der Waals surface area contributed by atoms with Gasteiger partial charge in [0.25, 0.3) is 5.91 Å². The summed E-state index contributed by atoms with van der Waals surface area (Å²) >= 11 is 1.98. The number of hydrogen-bond acceptors (Lipinski definition) is 8. The van der Waals surface area contributed by atoms with Gasteiger partial charge in [0.1, 0.15) is 21.0 Å². The van der Waals surface area contributed by atoms with Crippen LogP contribution < -0.4 is 10.6 Å². The van der Waals surface area contributed by atoms with Crippen LogP contribution in [0.5, 0.6) is 0 Å². The molecule has 3 aromatic rings. The molecule has 1 aromatic carbocycles. The maximum atomic E-state index is 12.7. The van der Waals surface area contributed by atoms with Crippen LogP contribution in [-0.2, 0) is 11.0 Å². The number of benzene rings is 1. The van der Waals surface area contributed by atoms with Gasteiger partial charge in [-0.05, 0) is 38.3 Å². The van der Waals surface area contributed by atoms with Gasteiger partial charge in [0.15, 0.2) is 0 Å². The molecule has 2 aromatic heterocycles. The minimum absolute atomic E-state index is 0.0900. The molecule has 3 rings (SSSR count). The van der Waals surface area contributed by atoms with Crippen LogP contribution in [0.25, 0.3) is 10.6 Å². The first-order valence-electron chi connectivity index (χ1n) is 12.6. The first-order chi connectivity index (χ1) is 19.6. The number of rotatable bonds is 11. The summed E-state index contributed by atoms with van der Waals surface area (Å²) in [5.74, 6) is -1.42. The number of alkyl halides is 6. The molecule has 0 saturated carbocycles. The minimum Gasteiger partial charge on any atom is -0.393 e. The normalized spacial score (nSPS) is 13.9. The Balaban J connectivity index is 0.00000113. The molecule has 0 fully saturated rings. The Bertz CT molecular complexity index is 1250. The van der Waals surface area contributed by atoms with Gasteiger partial charge < -0.3 is 20.8 Å². The molecule has 4 N–H and O–H groups in total. The number of aliphatic hydroxyl groups is 2. The van der Waals surface area contributed by atoms with Crippen molar-refractivity contribution >= 4 is 34.5 Å². The molecule has 0 aliphatic carbocycles. The zero-order chi connectivity index (χ0) is 31.5. The molecular formula is C26H30F6N4O4S2. The number of thiazole rings is 2. The molecule has 2 amide bonds. The van der Waals surface area contributed by atoms with E-state index >= 15 is 0 Å². The van der Waals surface area contributed by atoms with Gasteiger partial charge in [-0.25, -0.2) is 9.97 Å². The highest BCUT2D eigenvalue weighted by Gasteiger charge is 2.31. The van der Waals surface area contributed by atoms with Gasteiger partial charge in [-0.15, -0.1) is 22.7 Å². The fourth-order valence-electron chi connectivity index (χ4n) is 3.20. The molecule has 3 unspecified atom stereocenters. The van der Waals surface area contributed by atoms with E-state index in [9.17, 15) is 41.0 Å². The summed E-state index contributed by atoms with van der Waals surface area (Å²) < 4.78 is 75.8. The number of carbonyl (C=O) groups is 2. The highest BCUT2D eigenvalue weighted by atomic mass is 32.1. The average Bonchev–Trinajstić information content (AvgIpc) is 3.63. The molecule has 16 heteroatoms. The topological polar surface area (TPSA) is 124 Å². The number of halogens is 6. The van der Waals surface area contributed by atoms with Gasteiger partial charge in [-0.3, -0.25) is 9.59 Å². The summed E-state index contributed by atoms with van der Waals surface area (Å²) in [6.45, 7) is 3.19. The molecular weight excluding hydrogens is 610 g/mol. The molecule has 8 nitrogen and oxygen atoms in total. The lowest BCUT2D eigenvalue weighted by Gasteiger charge is -2.23. The molecule has 0 radical (unpaired) electrons. The number of carbonyl (C=O) groups excluding carboxylic acids is 2. The lowest BCUT2D eigenvalue weighted by atomic mass is 10.0. The van der Waals surface area contributed by atoms with E-state index in [1.165, 1.54) is 24.5 Å². The summed E-state index contributed by atoms with van der Waals surface area (Å²) in [6, 6.07) is 3.18. The summed E-state index contributed by atoms with van der Waals surface area (Å²) in [5, 5.41) is 25.7. The molecule has 0 spiro atoms. The molecule has 0 saturated heterocycles. The van der Waals surface area contributed by atoms with Gasteiger partial charge in [0.05, 0.1) is 30.5 Å². The van der Waals surface area contributed by atoms with Crippen molar-refractivity contribution in [1.82, 2.24) is 20.6 Å². The Hall–Kier alpha value is -3.08. The highest BCUT2D eigenvalue weighted by molar-refractivity contribution is 7.16. The SMILES string of the molecule is CCC(C)O.O=C(CNC(=O)c1cnc(-c2ccc(C(F)(F)F)cc2)s1)NC(CCCC(F)(F)F)C(O)c1nccs1.